The third kappa shape index (κ3) is 3.18. The van der Waals surface area contributed by atoms with Crippen LogP contribution in [0.3, 0.4) is 0 Å². The number of nitrogens with one attached hydrogen (secondary N) is 1. The second kappa shape index (κ2) is 7.36. The molecule has 28 heavy (non-hydrogen) atoms. The highest BCUT2D eigenvalue weighted by Crippen LogP contribution is 2.40. The largest absolute Gasteiger partial charge is 0.493 e. The number of fused-ring (bicyclic) bond motifs is 3. The molecule has 0 amide bonds. The summed E-state index contributed by atoms with van der Waals surface area (Å²) in [5, 5.41) is 3.79. The molecular formula is C21H21ClFN3O2. The molecule has 4 rings (SSSR count). The summed E-state index contributed by atoms with van der Waals surface area (Å²) < 4.78 is 26.3. The second-order valence-electron chi connectivity index (χ2n) is 6.76. The molecule has 0 saturated carbocycles. The Labute approximate surface area is 168 Å². The lowest BCUT2D eigenvalue weighted by Gasteiger charge is -2.23. The van der Waals surface area contributed by atoms with Gasteiger partial charge in [-0.25, -0.2) is 9.37 Å². The molecule has 0 saturated heterocycles. The molecule has 1 aliphatic heterocycles. The Morgan fingerprint density at radius 1 is 1.18 bits per heavy atom. The van der Waals surface area contributed by atoms with Crippen molar-refractivity contribution in [2.45, 2.75) is 25.9 Å². The van der Waals surface area contributed by atoms with E-state index in [4.69, 9.17) is 21.1 Å². The van der Waals surface area contributed by atoms with Crippen LogP contribution in [0.4, 0.5) is 10.3 Å². The number of hydrogen-bond donors (Lipinski definition) is 1. The zero-order chi connectivity index (χ0) is 19.8. The van der Waals surface area contributed by atoms with Gasteiger partial charge in [-0.2, -0.15) is 0 Å². The SMILES string of the molecule is COc1cc2c(cc1OC)-c1cnc(NC(C)c3ccc(F)cc3Cl)n1CC2. The molecule has 2 aromatic carbocycles. The van der Waals surface area contributed by atoms with Crippen LogP contribution in [-0.4, -0.2) is 23.8 Å². The van der Waals surface area contributed by atoms with Crippen molar-refractivity contribution in [3.63, 3.8) is 0 Å². The molecule has 2 heterocycles. The van der Waals surface area contributed by atoms with Gasteiger partial charge in [0.05, 0.1) is 32.2 Å². The van der Waals surface area contributed by atoms with Crippen LogP contribution in [0.25, 0.3) is 11.3 Å². The van der Waals surface area contributed by atoms with Crippen LogP contribution < -0.4 is 14.8 Å². The summed E-state index contributed by atoms with van der Waals surface area (Å²) in [6, 6.07) is 8.33. The predicted molar refractivity (Wildman–Crippen MR) is 108 cm³/mol. The van der Waals surface area contributed by atoms with Crippen LogP contribution in [0.15, 0.2) is 36.5 Å². The van der Waals surface area contributed by atoms with E-state index in [-0.39, 0.29) is 11.9 Å². The van der Waals surface area contributed by atoms with E-state index in [1.165, 1.54) is 17.7 Å². The van der Waals surface area contributed by atoms with Gasteiger partial charge in [-0.05, 0) is 48.7 Å². The number of hydrogen-bond acceptors (Lipinski definition) is 4. The van der Waals surface area contributed by atoms with Crippen molar-refractivity contribution >= 4 is 17.5 Å². The van der Waals surface area contributed by atoms with E-state index >= 15 is 0 Å². The third-order valence-corrected chi connectivity index (χ3v) is 5.45. The molecule has 7 heteroatoms. The van der Waals surface area contributed by atoms with Crippen molar-refractivity contribution < 1.29 is 13.9 Å². The number of imidazole rings is 1. The normalized spacial score (nSPS) is 13.5. The number of aryl methyl sites for hydroxylation is 1. The molecule has 146 valence electrons. The van der Waals surface area contributed by atoms with E-state index in [1.807, 2.05) is 25.3 Å². The number of nitrogens with zero attached hydrogens (tertiary/aromatic N) is 2. The monoisotopic (exact) mass is 401 g/mol. The number of ether oxygens (including phenoxy) is 2. The molecule has 0 aliphatic carbocycles. The summed E-state index contributed by atoms with van der Waals surface area (Å²) in [5.74, 6) is 1.83. The molecule has 1 aromatic heterocycles. The van der Waals surface area contributed by atoms with Crippen LogP contribution in [0.5, 0.6) is 11.5 Å². The molecule has 1 unspecified atom stereocenters. The standard InChI is InChI=1S/C21H21ClFN3O2/c1-12(15-5-4-14(23)9-17(15)22)25-21-24-11-18-16-10-20(28-3)19(27-2)8-13(16)6-7-26(18)21/h4-5,8-12H,6-7H2,1-3H3,(H,24,25). The maximum atomic E-state index is 13.3. The lowest BCUT2D eigenvalue weighted by molar-refractivity contribution is 0.354. The van der Waals surface area contributed by atoms with Crippen LogP contribution >= 0.6 is 11.6 Å². The highest BCUT2D eigenvalue weighted by molar-refractivity contribution is 6.31. The Balaban J connectivity index is 1.66. The van der Waals surface area contributed by atoms with Gasteiger partial charge in [-0.1, -0.05) is 17.7 Å². The lowest BCUT2D eigenvalue weighted by Crippen LogP contribution is -2.16. The Morgan fingerprint density at radius 2 is 1.93 bits per heavy atom. The first kappa shape index (κ1) is 18.6. The zero-order valence-corrected chi connectivity index (χ0v) is 16.7. The fraction of sp³-hybridized carbons (Fsp3) is 0.286. The number of aromatic nitrogens is 2. The minimum Gasteiger partial charge on any atom is -0.493 e. The van der Waals surface area contributed by atoms with Crippen LogP contribution in [0.1, 0.15) is 24.1 Å². The minimum atomic E-state index is -0.347. The van der Waals surface area contributed by atoms with Crippen LogP contribution in [0.2, 0.25) is 5.02 Å². The van der Waals surface area contributed by atoms with Gasteiger partial charge < -0.3 is 19.4 Å². The van der Waals surface area contributed by atoms with E-state index in [1.54, 1.807) is 20.3 Å². The van der Waals surface area contributed by atoms with Crippen molar-refractivity contribution in [1.82, 2.24) is 9.55 Å². The first-order valence-corrected chi connectivity index (χ1v) is 9.42. The maximum absolute atomic E-state index is 13.3. The topological polar surface area (TPSA) is 48.3 Å². The lowest BCUT2D eigenvalue weighted by atomic mass is 9.98. The van der Waals surface area contributed by atoms with E-state index in [9.17, 15) is 4.39 Å². The summed E-state index contributed by atoms with van der Waals surface area (Å²) in [6.45, 7) is 2.77. The Bertz CT molecular complexity index is 1030. The van der Waals surface area contributed by atoms with Gasteiger partial charge in [0.25, 0.3) is 0 Å². The molecule has 0 spiro atoms. The summed E-state index contributed by atoms with van der Waals surface area (Å²) in [5.41, 5.74) is 4.12. The molecule has 1 atom stereocenters. The summed E-state index contributed by atoms with van der Waals surface area (Å²) in [4.78, 5) is 4.57. The highest BCUT2D eigenvalue weighted by Gasteiger charge is 2.23. The molecule has 0 fully saturated rings. The number of benzene rings is 2. The highest BCUT2D eigenvalue weighted by atomic mass is 35.5. The van der Waals surface area contributed by atoms with Gasteiger partial charge in [0, 0.05) is 17.1 Å². The van der Waals surface area contributed by atoms with Crippen LogP contribution in [0, 0.1) is 5.82 Å². The van der Waals surface area contributed by atoms with Gasteiger partial charge in [-0.15, -0.1) is 0 Å². The van der Waals surface area contributed by atoms with E-state index < -0.39 is 0 Å². The number of halogens is 2. The second-order valence-corrected chi connectivity index (χ2v) is 7.17. The fourth-order valence-electron chi connectivity index (χ4n) is 3.65. The van der Waals surface area contributed by atoms with Gasteiger partial charge in [-0.3, -0.25) is 0 Å². The fourth-order valence-corrected chi connectivity index (χ4v) is 3.99. The first-order valence-electron chi connectivity index (χ1n) is 9.04. The van der Waals surface area contributed by atoms with E-state index in [2.05, 4.69) is 14.9 Å². The van der Waals surface area contributed by atoms with Gasteiger partial charge in [0.15, 0.2) is 11.5 Å². The van der Waals surface area contributed by atoms with Crippen LogP contribution in [-0.2, 0) is 13.0 Å². The maximum Gasteiger partial charge on any atom is 0.203 e. The zero-order valence-electron chi connectivity index (χ0n) is 15.9. The van der Waals surface area contributed by atoms with Gasteiger partial charge in [0.1, 0.15) is 5.82 Å². The average Bonchev–Trinajstić information content (AvgIpc) is 3.09. The molecule has 1 aliphatic rings. The first-order chi connectivity index (χ1) is 13.5. The van der Waals surface area contributed by atoms with Crippen molar-refractivity contribution in [3.8, 4) is 22.8 Å². The van der Waals surface area contributed by atoms with Crippen molar-refractivity contribution in [1.29, 1.82) is 0 Å². The molecule has 5 nitrogen and oxygen atoms in total. The number of methoxy groups -OCH3 is 2. The van der Waals surface area contributed by atoms with Gasteiger partial charge in [0.2, 0.25) is 5.95 Å². The molecule has 3 aromatic rings. The summed E-state index contributed by atoms with van der Waals surface area (Å²) in [6.07, 6.45) is 2.71. The quantitative estimate of drug-likeness (QED) is 0.647. The smallest absolute Gasteiger partial charge is 0.203 e. The average molecular weight is 402 g/mol. The number of anilines is 1. The predicted octanol–water partition coefficient (Wildman–Crippen LogP) is 5.09. The molecular weight excluding hydrogens is 381 g/mol. The van der Waals surface area contributed by atoms with E-state index in [0.29, 0.717) is 10.8 Å². The van der Waals surface area contributed by atoms with E-state index in [0.717, 1.165) is 41.5 Å². The van der Waals surface area contributed by atoms with Crippen molar-refractivity contribution in [3.05, 3.63) is 58.5 Å². The van der Waals surface area contributed by atoms with Crippen molar-refractivity contribution in [2.24, 2.45) is 0 Å². The number of rotatable bonds is 5. The Kier molecular flexibility index (Phi) is 4.89. The molecule has 0 radical (unpaired) electrons. The van der Waals surface area contributed by atoms with Gasteiger partial charge >= 0.3 is 0 Å². The minimum absolute atomic E-state index is 0.119. The summed E-state index contributed by atoms with van der Waals surface area (Å²) >= 11 is 6.20. The summed E-state index contributed by atoms with van der Waals surface area (Å²) in [7, 11) is 3.27. The molecule has 0 bridgehead atoms. The third-order valence-electron chi connectivity index (χ3n) is 5.12. The van der Waals surface area contributed by atoms with Crippen molar-refractivity contribution in [2.75, 3.05) is 19.5 Å². The Hall–Kier alpha value is -2.73. The molecule has 1 N–H and O–H groups in total. The Morgan fingerprint density at radius 3 is 2.64 bits per heavy atom.